The molecule has 7 rings (SSSR count). The van der Waals surface area contributed by atoms with Gasteiger partial charge in [-0.25, -0.2) is 0 Å². The number of rotatable bonds is 6. The Hall–Kier alpha value is -4.46. The number of phenolic OH excluding ortho intramolecular Hbond substituents is 1. The monoisotopic (exact) mass is 625 g/mol. The van der Waals surface area contributed by atoms with E-state index < -0.39 is 7.92 Å². The molecule has 1 N–H and O–H groups in total. The second kappa shape index (κ2) is 12.3. The molecule has 0 heterocycles. The SMILES string of the molecule is Oc1c(Cl)cc(Cl)cc1C=Nc1ccc2ccccc2c1-c1c(P(c2ccccc2)c2ccccc2)ccc2ccccc12. The number of hydrogen-bond acceptors (Lipinski definition) is 2. The third kappa shape index (κ3) is 5.38. The molecule has 0 aliphatic rings. The maximum atomic E-state index is 10.7. The molecule has 0 bridgehead atoms. The third-order valence-corrected chi connectivity index (χ3v) is 10.7. The molecule has 0 fully saturated rings. The lowest BCUT2D eigenvalue weighted by Gasteiger charge is -2.25. The fourth-order valence-corrected chi connectivity index (χ4v) is 8.73. The van der Waals surface area contributed by atoms with Crippen LogP contribution in [-0.4, -0.2) is 11.3 Å². The Morgan fingerprint density at radius 3 is 1.75 bits per heavy atom. The summed E-state index contributed by atoms with van der Waals surface area (Å²) in [7, 11) is -0.925. The lowest BCUT2D eigenvalue weighted by Crippen LogP contribution is -2.22. The van der Waals surface area contributed by atoms with Crippen molar-refractivity contribution in [1.29, 1.82) is 0 Å². The normalized spacial score (nSPS) is 11.6. The van der Waals surface area contributed by atoms with Gasteiger partial charge in [0.1, 0.15) is 5.75 Å². The summed E-state index contributed by atoms with van der Waals surface area (Å²) in [6, 6.07) is 50.4. The summed E-state index contributed by atoms with van der Waals surface area (Å²) >= 11 is 12.5. The van der Waals surface area contributed by atoms with Gasteiger partial charge in [-0.1, -0.05) is 151 Å². The van der Waals surface area contributed by atoms with Crippen molar-refractivity contribution < 1.29 is 5.11 Å². The largest absolute Gasteiger partial charge is 0.506 e. The van der Waals surface area contributed by atoms with Crippen LogP contribution in [0.1, 0.15) is 5.56 Å². The smallest absolute Gasteiger partial charge is 0.143 e. The number of aliphatic imine (C=N–C) groups is 1. The Morgan fingerprint density at radius 2 is 1.11 bits per heavy atom. The first-order valence-electron chi connectivity index (χ1n) is 14.2. The van der Waals surface area contributed by atoms with Crippen molar-refractivity contribution in [2.45, 2.75) is 0 Å². The van der Waals surface area contributed by atoms with Gasteiger partial charge >= 0.3 is 0 Å². The Kier molecular flexibility index (Phi) is 7.90. The molecule has 0 aliphatic carbocycles. The highest BCUT2D eigenvalue weighted by Gasteiger charge is 2.24. The number of phenols is 1. The van der Waals surface area contributed by atoms with E-state index in [9.17, 15) is 5.11 Å². The molecule has 0 amide bonds. The van der Waals surface area contributed by atoms with E-state index in [1.165, 1.54) is 22.0 Å². The van der Waals surface area contributed by atoms with Gasteiger partial charge in [0.15, 0.2) is 0 Å². The minimum atomic E-state index is -0.925. The van der Waals surface area contributed by atoms with E-state index in [1.54, 1.807) is 12.3 Å². The lowest BCUT2D eigenvalue weighted by molar-refractivity contribution is 0.475. The quantitative estimate of drug-likeness (QED) is 0.145. The fraction of sp³-hybridized carbons (Fsp3) is 0. The molecule has 0 aliphatic heterocycles. The molecule has 0 aromatic heterocycles. The van der Waals surface area contributed by atoms with E-state index >= 15 is 0 Å². The third-order valence-electron chi connectivity index (χ3n) is 7.73. The maximum Gasteiger partial charge on any atom is 0.143 e. The van der Waals surface area contributed by atoms with E-state index in [-0.39, 0.29) is 10.8 Å². The van der Waals surface area contributed by atoms with Gasteiger partial charge in [0.25, 0.3) is 0 Å². The molecule has 7 aromatic rings. The number of halogens is 2. The van der Waals surface area contributed by atoms with Crippen molar-refractivity contribution in [3.05, 3.63) is 161 Å². The molecule has 44 heavy (non-hydrogen) atoms. The maximum absolute atomic E-state index is 10.7. The van der Waals surface area contributed by atoms with Gasteiger partial charge in [0.05, 0.1) is 10.7 Å². The molecule has 212 valence electrons. The van der Waals surface area contributed by atoms with Gasteiger partial charge in [0.2, 0.25) is 0 Å². The van der Waals surface area contributed by atoms with E-state index in [0.717, 1.165) is 38.4 Å². The molecule has 0 saturated heterocycles. The van der Waals surface area contributed by atoms with Crippen LogP contribution in [0, 0.1) is 0 Å². The zero-order valence-corrected chi connectivity index (χ0v) is 25.9. The van der Waals surface area contributed by atoms with E-state index in [2.05, 4.69) is 133 Å². The Bertz CT molecular complexity index is 2120. The number of aromatic hydroxyl groups is 1. The van der Waals surface area contributed by atoms with Crippen molar-refractivity contribution in [2.75, 3.05) is 0 Å². The summed E-state index contributed by atoms with van der Waals surface area (Å²) < 4.78 is 0. The fourth-order valence-electron chi connectivity index (χ4n) is 5.74. The second-order valence-corrected chi connectivity index (χ2v) is 13.5. The first-order valence-corrected chi connectivity index (χ1v) is 16.3. The summed E-state index contributed by atoms with van der Waals surface area (Å²) in [4.78, 5) is 5.00. The summed E-state index contributed by atoms with van der Waals surface area (Å²) in [5.41, 5.74) is 3.43. The van der Waals surface area contributed by atoms with Gasteiger partial charge in [0, 0.05) is 27.9 Å². The molecular formula is C39H26Cl2NOP. The standard InChI is InChI=1S/C39H26Cl2NOP/c40-29-23-28(39(43)34(41)24-29)25-42-35-21-19-26-11-7-9-17-32(26)37(35)38-33-18-10-8-12-27(33)20-22-36(38)44(30-13-3-1-4-14-30)31-15-5-2-6-16-31/h1-25,43H. The topological polar surface area (TPSA) is 32.6 Å². The number of fused-ring (bicyclic) bond motifs is 2. The first kappa shape index (κ1) is 28.3. The van der Waals surface area contributed by atoms with Crippen LogP contribution in [0.4, 0.5) is 5.69 Å². The lowest BCUT2D eigenvalue weighted by atomic mass is 9.92. The molecule has 0 saturated carbocycles. The van der Waals surface area contributed by atoms with Gasteiger partial charge in [-0.15, -0.1) is 0 Å². The number of nitrogens with zero attached hydrogens (tertiary/aromatic N) is 1. The summed E-state index contributed by atoms with van der Waals surface area (Å²) in [6.45, 7) is 0. The summed E-state index contributed by atoms with van der Waals surface area (Å²) in [5.74, 6) is -0.0512. The predicted molar refractivity (Wildman–Crippen MR) is 191 cm³/mol. The average Bonchev–Trinajstić information content (AvgIpc) is 3.06. The van der Waals surface area contributed by atoms with Gasteiger partial charge in [-0.2, -0.15) is 0 Å². The van der Waals surface area contributed by atoms with Crippen molar-refractivity contribution in [1.82, 2.24) is 0 Å². The van der Waals surface area contributed by atoms with Gasteiger partial charge in [-0.05, 0) is 63.6 Å². The van der Waals surface area contributed by atoms with E-state index in [1.807, 2.05) is 0 Å². The second-order valence-electron chi connectivity index (χ2n) is 10.5. The molecule has 0 spiro atoms. The van der Waals surface area contributed by atoms with Crippen LogP contribution in [0.3, 0.4) is 0 Å². The van der Waals surface area contributed by atoms with Crippen LogP contribution in [0.15, 0.2) is 151 Å². The van der Waals surface area contributed by atoms with Crippen LogP contribution in [0.5, 0.6) is 5.75 Å². The van der Waals surface area contributed by atoms with E-state index in [0.29, 0.717) is 10.6 Å². The Balaban J connectivity index is 1.57. The minimum Gasteiger partial charge on any atom is -0.506 e. The van der Waals surface area contributed by atoms with Gasteiger partial charge in [-0.3, -0.25) is 4.99 Å². The molecule has 2 nitrogen and oxygen atoms in total. The van der Waals surface area contributed by atoms with Crippen LogP contribution in [0.25, 0.3) is 32.7 Å². The van der Waals surface area contributed by atoms with Crippen molar-refractivity contribution in [3.8, 4) is 16.9 Å². The van der Waals surface area contributed by atoms with E-state index in [4.69, 9.17) is 28.2 Å². The number of benzene rings is 7. The summed E-state index contributed by atoms with van der Waals surface area (Å²) in [6.07, 6.45) is 1.64. The number of hydrogen-bond donors (Lipinski definition) is 1. The van der Waals surface area contributed by atoms with Crippen molar-refractivity contribution in [3.63, 3.8) is 0 Å². The van der Waals surface area contributed by atoms with Crippen molar-refractivity contribution in [2.24, 2.45) is 4.99 Å². The van der Waals surface area contributed by atoms with Gasteiger partial charge < -0.3 is 5.11 Å². The first-order chi connectivity index (χ1) is 21.6. The molecule has 7 aromatic carbocycles. The zero-order valence-electron chi connectivity index (χ0n) is 23.5. The average molecular weight is 627 g/mol. The van der Waals surface area contributed by atoms with Crippen LogP contribution in [-0.2, 0) is 0 Å². The molecule has 0 radical (unpaired) electrons. The molecule has 0 unspecified atom stereocenters. The summed E-state index contributed by atoms with van der Waals surface area (Å²) in [5, 5.41) is 19.6. The molecule has 5 heteroatoms. The highest BCUT2D eigenvalue weighted by Crippen LogP contribution is 2.45. The highest BCUT2D eigenvalue weighted by atomic mass is 35.5. The Morgan fingerprint density at radius 1 is 0.568 bits per heavy atom. The zero-order chi connectivity index (χ0) is 30.0. The van der Waals surface area contributed by atoms with Crippen LogP contribution < -0.4 is 15.9 Å². The minimum absolute atomic E-state index is 0.0512. The van der Waals surface area contributed by atoms with Crippen LogP contribution in [0.2, 0.25) is 10.0 Å². The molecule has 0 atom stereocenters. The van der Waals surface area contributed by atoms with Crippen molar-refractivity contribution >= 4 is 80.5 Å². The highest BCUT2D eigenvalue weighted by molar-refractivity contribution is 7.80. The predicted octanol–water partition coefficient (Wildman–Crippen LogP) is 10.2. The van der Waals surface area contributed by atoms with Crippen LogP contribution >= 0.6 is 31.1 Å². The molecular weight excluding hydrogens is 600 g/mol. The Labute approximate surface area is 267 Å².